The molecule has 4 heteroatoms. The summed E-state index contributed by atoms with van der Waals surface area (Å²) in [6, 6.07) is 8.14. The number of hydrogen-bond donors (Lipinski definition) is 1. The van der Waals surface area contributed by atoms with Gasteiger partial charge in [-0.1, -0.05) is 37.1 Å². The largest absolute Gasteiger partial charge is 0.352 e. The van der Waals surface area contributed by atoms with Gasteiger partial charge in [0.25, 0.3) is 0 Å². The lowest BCUT2D eigenvalue weighted by molar-refractivity contribution is -0.121. The van der Waals surface area contributed by atoms with Gasteiger partial charge in [-0.05, 0) is 18.2 Å². The molecule has 1 heterocycles. The number of nitrogens with zero attached hydrogens (tertiary/aromatic N) is 1. The first-order chi connectivity index (χ1) is 9.75. The predicted molar refractivity (Wildman–Crippen MR) is 80.7 cm³/mol. The van der Waals surface area contributed by atoms with E-state index < -0.39 is 5.38 Å². The number of nitrogens with one attached hydrogen (secondary N) is 1. The van der Waals surface area contributed by atoms with Crippen molar-refractivity contribution in [1.29, 1.82) is 0 Å². The van der Waals surface area contributed by atoms with Crippen molar-refractivity contribution in [3.05, 3.63) is 42.2 Å². The van der Waals surface area contributed by atoms with Crippen LogP contribution in [0.3, 0.4) is 0 Å². The Morgan fingerprint density at radius 1 is 1.25 bits per heavy atom. The molecule has 0 aliphatic heterocycles. The highest BCUT2D eigenvalue weighted by Crippen LogP contribution is 2.28. The number of carbonyl (C=O) groups excluding carboxylic acids is 1. The number of alkyl halides is 1. The van der Waals surface area contributed by atoms with Crippen LogP contribution in [0.1, 0.15) is 36.6 Å². The maximum absolute atomic E-state index is 12.3. The van der Waals surface area contributed by atoms with E-state index in [1.165, 1.54) is 12.8 Å². The van der Waals surface area contributed by atoms with Gasteiger partial charge in [0.15, 0.2) is 0 Å². The van der Waals surface area contributed by atoms with Gasteiger partial charge in [-0.3, -0.25) is 9.78 Å². The van der Waals surface area contributed by atoms with E-state index in [2.05, 4.69) is 10.3 Å². The summed E-state index contributed by atoms with van der Waals surface area (Å²) in [4.78, 5) is 16.5. The average Bonchev–Trinajstić information content (AvgIpc) is 2.99. The Morgan fingerprint density at radius 2 is 2.00 bits per heavy atom. The third-order valence-corrected chi connectivity index (χ3v) is 4.34. The second kappa shape index (κ2) is 5.80. The molecule has 104 valence electrons. The van der Waals surface area contributed by atoms with Gasteiger partial charge in [0, 0.05) is 29.4 Å². The van der Waals surface area contributed by atoms with Crippen molar-refractivity contribution >= 4 is 28.3 Å². The summed E-state index contributed by atoms with van der Waals surface area (Å²) in [7, 11) is 0. The Bertz CT molecular complexity index is 617. The van der Waals surface area contributed by atoms with Crippen LogP contribution in [-0.2, 0) is 4.79 Å². The Kier molecular flexibility index (Phi) is 3.88. The topological polar surface area (TPSA) is 42.0 Å². The van der Waals surface area contributed by atoms with E-state index in [4.69, 9.17) is 11.6 Å². The molecular formula is C16H17ClN2O. The van der Waals surface area contributed by atoms with Gasteiger partial charge in [0.1, 0.15) is 5.38 Å². The first-order valence-electron chi connectivity index (χ1n) is 7.03. The molecule has 0 bridgehead atoms. The molecule has 2 aromatic rings. The smallest absolute Gasteiger partial charge is 0.242 e. The molecule has 0 radical (unpaired) electrons. The van der Waals surface area contributed by atoms with Crippen molar-refractivity contribution < 1.29 is 4.79 Å². The normalized spacial score (nSPS) is 17.2. The zero-order valence-electron chi connectivity index (χ0n) is 11.2. The fourth-order valence-electron chi connectivity index (χ4n) is 2.83. The van der Waals surface area contributed by atoms with E-state index in [1.807, 2.05) is 24.3 Å². The molecule has 3 rings (SSSR count). The van der Waals surface area contributed by atoms with Gasteiger partial charge in [0.2, 0.25) is 5.91 Å². The minimum Gasteiger partial charge on any atom is -0.352 e. The second-order valence-corrected chi connectivity index (χ2v) is 5.74. The van der Waals surface area contributed by atoms with E-state index in [0.717, 1.165) is 29.2 Å². The Labute approximate surface area is 123 Å². The third-order valence-electron chi connectivity index (χ3n) is 3.90. The van der Waals surface area contributed by atoms with Crippen LogP contribution >= 0.6 is 11.6 Å². The fourth-order valence-corrected chi connectivity index (χ4v) is 3.06. The summed E-state index contributed by atoms with van der Waals surface area (Å²) in [6.45, 7) is 0. The lowest BCUT2D eigenvalue weighted by atomic mass is 10.0. The first kappa shape index (κ1) is 13.4. The van der Waals surface area contributed by atoms with Crippen molar-refractivity contribution in [2.75, 3.05) is 0 Å². The van der Waals surface area contributed by atoms with E-state index >= 15 is 0 Å². The molecule has 1 aliphatic rings. The van der Waals surface area contributed by atoms with Crippen LogP contribution in [0.5, 0.6) is 0 Å². The van der Waals surface area contributed by atoms with E-state index in [0.29, 0.717) is 0 Å². The van der Waals surface area contributed by atoms with Crippen molar-refractivity contribution in [1.82, 2.24) is 10.3 Å². The van der Waals surface area contributed by atoms with Crippen LogP contribution in [0.15, 0.2) is 36.7 Å². The molecule has 1 aromatic heterocycles. The van der Waals surface area contributed by atoms with Crippen LogP contribution in [0, 0.1) is 0 Å². The lowest BCUT2D eigenvalue weighted by Crippen LogP contribution is -2.35. The number of carbonyl (C=O) groups is 1. The molecular weight excluding hydrogens is 272 g/mol. The van der Waals surface area contributed by atoms with Crippen LogP contribution in [0.4, 0.5) is 0 Å². The maximum Gasteiger partial charge on any atom is 0.242 e. The van der Waals surface area contributed by atoms with Gasteiger partial charge in [0.05, 0.1) is 0 Å². The van der Waals surface area contributed by atoms with Gasteiger partial charge >= 0.3 is 0 Å². The summed E-state index contributed by atoms with van der Waals surface area (Å²) >= 11 is 6.36. The van der Waals surface area contributed by atoms with Crippen molar-refractivity contribution in [3.8, 4) is 0 Å². The molecule has 1 fully saturated rings. The number of halogens is 1. The van der Waals surface area contributed by atoms with Crippen molar-refractivity contribution in [2.45, 2.75) is 37.1 Å². The number of fused-ring (bicyclic) bond motifs is 1. The molecule has 0 saturated heterocycles. The number of hydrogen-bond acceptors (Lipinski definition) is 2. The lowest BCUT2D eigenvalue weighted by Gasteiger charge is -2.16. The molecule has 1 aromatic carbocycles. The predicted octanol–water partition coefficient (Wildman–Crippen LogP) is 3.57. The van der Waals surface area contributed by atoms with E-state index in [-0.39, 0.29) is 11.9 Å². The van der Waals surface area contributed by atoms with Gasteiger partial charge in [-0.15, -0.1) is 11.6 Å². The first-order valence-corrected chi connectivity index (χ1v) is 7.46. The SMILES string of the molecule is O=C(NC1CCCC1)C(Cl)c1cncc2ccccc12. The zero-order valence-corrected chi connectivity index (χ0v) is 11.9. The molecule has 20 heavy (non-hydrogen) atoms. The third kappa shape index (κ3) is 2.63. The maximum atomic E-state index is 12.3. The summed E-state index contributed by atoms with van der Waals surface area (Å²) in [5.41, 5.74) is 0.778. The second-order valence-electron chi connectivity index (χ2n) is 5.30. The molecule has 1 amide bonds. The summed E-state index contributed by atoms with van der Waals surface area (Å²) in [5.74, 6) is -0.114. The minimum atomic E-state index is -0.686. The van der Waals surface area contributed by atoms with Gasteiger partial charge in [-0.2, -0.15) is 0 Å². The number of pyridine rings is 1. The van der Waals surface area contributed by atoms with Crippen LogP contribution in [-0.4, -0.2) is 16.9 Å². The van der Waals surface area contributed by atoms with Crippen LogP contribution in [0.25, 0.3) is 10.8 Å². The van der Waals surface area contributed by atoms with Gasteiger partial charge < -0.3 is 5.32 Å². The number of aromatic nitrogens is 1. The molecule has 1 N–H and O–H groups in total. The number of benzene rings is 1. The molecule has 1 atom stereocenters. The molecule has 1 aliphatic carbocycles. The highest BCUT2D eigenvalue weighted by Gasteiger charge is 2.24. The molecule has 3 nitrogen and oxygen atoms in total. The molecule has 1 saturated carbocycles. The minimum absolute atomic E-state index is 0.114. The Morgan fingerprint density at radius 3 is 2.80 bits per heavy atom. The van der Waals surface area contributed by atoms with Crippen LogP contribution in [0.2, 0.25) is 0 Å². The number of amides is 1. The number of rotatable bonds is 3. The van der Waals surface area contributed by atoms with Crippen molar-refractivity contribution in [3.63, 3.8) is 0 Å². The van der Waals surface area contributed by atoms with Crippen molar-refractivity contribution in [2.24, 2.45) is 0 Å². The average molecular weight is 289 g/mol. The Balaban J connectivity index is 1.84. The Hall–Kier alpha value is -1.61. The fraction of sp³-hybridized carbons (Fsp3) is 0.375. The summed E-state index contributed by atoms with van der Waals surface area (Å²) < 4.78 is 0. The molecule has 0 spiro atoms. The molecule has 1 unspecified atom stereocenters. The van der Waals surface area contributed by atoms with E-state index in [1.54, 1.807) is 12.4 Å². The summed E-state index contributed by atoms with van der Waals surface area (Å²) in [5, 5.41) is 4.35. The zero-order chi connectivity index (χ0) is 13.9. The highest BCUT2D eigenvalue weighted by molar-refractivity contribution is 6.31. The highest BCUT2D eigenvalue weighted by atomic mass is 35.5. The van der Waals surface area contributed by atoms with Crippen LogP contribution < -0.4 is 5.32 Å². The quantitative estimate of drug-likeness (QED) is 0.877. The van der Waals surface area contributed by atoms with Gasteiger partial charge in [-0.25, -0.2) is 0 Å². The standard InChI is InChI=1S/C16H17ClN2O/c17-15(16(20)19-12-6-2-3-7-12)14-10-18-9-11-5-1-4-8-13(11)14/h1,4-5,8-10,12,15H,2-3,6-7H2,(H,19,20). The van der Waals surface area contributed by atoms with E-state index in [9.17, 15) is 4.79 Å². The summed E-state index contributed by atoms with van der Waals surface area (Å²) in [6.07, 6.45) is 7.97. The monoisotopic (exact) mass is 288 g/mol.